The van der Waals surface area contributed by atoms with Crippen LogP contribution in [0.1, 0.15) is 5.56 Å². The van der Waals surface area contributed by atoms with Crippen LogP contribution < -0.4 is 5.69 Å². The van der Waals surface area contributed by atoms with Gasteiger partial charge in [0.05, 0.1) is 4.90 Å². The van der Waals surface area contributed by atoms with E-state index in [1.165, 1.54) is 24.5 Å². The van der Waals surface area contributed by atoms with Gasteiger partial charge >= 0.3 is 5.69 Å². The zero-order chi connectivity index (χ0) is 11.8. The van der Waals surface area contributed by atoms with Crippen molar-refractivity contribution >= 4 is 10.0 Å². The highest BCUT2D eigenvalue weighted by Gasteiger charge is 2.17. The van der Waals surface area contributed by atoms with E-state index in [0.717, 1.165) is 5.56 Å². The molecule has 0 saturated carbocycles. The number of hydrogen-bond donors (Lipinski definition) is 1. The third kappa shape index (κ3) is 1.67. The monoisotopic (exact) mass is 238 g/mol. The number of aryl methyl sites for hydroxylation is 1. The second-order valence-corrected chi connectivity index (χ2v) is 5.19. The molecule has 1 aromatic heterocycles. The fourth-order valence-corrected chi connectivity index (χ4v) is 2.52. The van der Waals surface area contributed by atoms with Gasteiger partial charge in [-0.25, -0.2) is 13.2 Å². The van der Waals surface area contributed by atoms with E-state index in [1.807, 2.05) is 6.92 Å². The van der Waals surface area contributed by atoms with Crippen LogP contribution in [-0.4, -0.2) is 17.4 Å². The largest absolute Gasteiger partial charge is 0.339 e. The summed E-state index contributed by atoms with van der Waals surface area (Å²) in [6.45, 7) is 1.86. The second-order valence-electron chi connectivity index (χ2n) is 3.38. The standard InChI is InChI=1S/C10H10N2O3S/c1-8-2-4-9(5-3-8)16(14,15)12-7-6-11-10(12)13/h2-7H,1H3,(H,11,13). The molecule has 16 heavy (non-hydrogen) atoms. The molecule has 0 fully saturated rings. The van der Waals surface area contributed by atoms with Crippen molar-refractivity contribution in [2.75, 3.05) is 0 Å². The SMILES string of the molecule is Cc1ccc(S(=O)(=O)n2cc[nH]c2=O)cc1. The fourth-order valence-electron chi connectivity index (χ4n) is 1.32. The first kappa shape index (κ1) is 10.7. The molecule has 84 valence electrons. The van der Waals surface area contributed by atoms with Crippen LogP contribution in [0.3, 0.4) is 0 Å². The van der Waals surface area contributed by atoms with E-state index in [0.29, 0.717) is 3.97 Å². The van der Waals surface area contributed by atoms with Crippen LogP contribution in [0.5, 0.6) is 0 Å². The van der Waals surface area contributed by atoms with E-state index < -0.39 is 15.7 Å². The summed E-state index contributed by atoms with van der Waals surface area (Å²) in [7, 11) is -3.77. The molecule has 2 aromatic rings. The van der Waals surface area contributed by atoms with Gasteiger partial charge in [-0.1, -0.05) is 17.7 Å². The van der Waals surface area contributed by atoms with Crippen molar-refractivity contribution in [1.82, 2.24) is 8.96 Å². The van der Waals surface area contributed by atoms with Gasteiger partial charge in [-0.3, -0.25) is 0 Å². The van der Waals surface area contributed by atoms with Gasteiger partial charge in [-0.2, -0.15) is 3.97 Å². The molecule has 0 radical (unpaired) electrons. The lowest BCUT2D eigenvalue weighted by Crippen LogP contribution is -2.24. The van der Waals surface area contributed by atoms with Crippen LogP contribution in [0.4, 0.5) is 0 Å². The normalized spacial score (nSPS) is 11.6. The minimum atomic E-state index is -3.77. The summed E-state index contributed by atoms with van der Waals surface area (Å²) < 4.78 is 24.6. The Hall–Kier alpha value is -1.82. The van der Waals surface area contributed by atoms with Gasteiger partial charge in [-0.05, 0) is 19.1 Å². The van der Waals surface area contributed by atoms with E-state index >= 15 is 0 Å². The molecule has 0 bridgehead atoms. The Balaban J connectivity index is 2.60. The quantitative estimate of drug-likeness (QED) is 0.838. The Morgan fingerprint density at radius 2 is 1.81 bits per heavy atom. The second kappa shape index (κ2) is 3.64. The molecule has 0 atom stereocenters. The fraction of sp³-hybridized carbons (Fsp3) is 0.100. The molecule has 0 unspecified atom stereocenters. The summed E-state index contributed by atoms with van der Waals surface area (Å²) in [6.07, 6.45) is 2.48. The number of aromatic nitrogens is 2. The van der Waals surface area contributed by atoms with Crippen LogP contribution in [0.25, 0.3) is 0 Å². The van der Waals surface area contributed by atoms with Crippen LogP contribution in [0, 0.1) is 6.92 Å². The molecule has 0 aliphatic heterocycles. The Morgan fingerprint density at radius 1 is 1.19 bits per heavy atom. The lowest BCUT2D eigenvalue weighted by atomic mass is 10.2. The van der Waals surface area contributed by atoms with Gasteiger partial charge in [0.1, 0.15) is 0 Å². The van der Waals surface area contributed by atoms with Gasteiger partial charge in [-0.15, -0.1) is 0 Å². The van der Waals surface area contributed by atoms with Crippen molar-refractivity contribution < 1.29 is 8.42 Å². The van der Waals surface area contributed by atoms with E-state index in [2.05, 4.69) is 4.98 Å². The zero-order valence-electron chi connectivity index (χ0n) is 8.54. The molecule has 1 N–H and O–H groups in total. The minimum absolute atomic E-state index is 0.0970. The van der Waals surface area contributed by atoms with Crippen molar-refractivity contribution in [1.29, 1.82) is 0 Å². The van der Waals surface area contributed by atoms with Crippen molar-refractivity contribution in [2.24, 2.45) is 0 Å². The molecular formula is C10H10N2O3S. The van der Waals surface area contributed by atoms with Crippen LogP contribution >= 0.6 is 0 Å². The number of hydrogen-bond acceptors (Lipinski definition) is 3. The lowest BCUT2D eigenvalue weighted by Gasteiger charge is -2.03. The number of nitrogens with one attached hydrogen (secondary N) is 1. The van der Waals surface area contributed by atoms with Crippen LogP contribution in [-0.2, 0) is 10.0 Å². The summed E-state index contributed by atoms with van der Waals surface area (Å²) in [5.74, 6) is 0. The number of aromatic amines is 1. The number of rotatable bonds is 2. The molecule has 5 nitrogen and oxygen atoms in total. The third-order valence-electron chi connectivity index (χ3n) is 2.19. The van der Waals surface area contributed by atoms with E-state index in [-0.39, 0.29) is 4.90 Å². The summed E-state index contributed by atoms with van der Waals surface area (Å²) in [4.78, 5) is 13.6. The van der Waals surface area contributed by atoms with E-state index in [4.69, 9.17) is 0 Å². The maximum Gasteiger partial charge on any atom is 0.339 e. The molecule has 0 aliphatic rings. The topological polar surface area (TPSA) is 71.9 Å². The first-order valence-electron chi connectivity index (χ1n) is 4.60. The third-order valence-corrected chi connectivity index (χ3v) is 3.87. The summed E-state index contributed by atoms with van der Waals surface area (Å²) in [5.41, 5.74) is 0.293. The highest BCUT2D eigenvalue weighted by atomic mass is 32.2. The van der Waals surface area contributed by atoms with Crippen molar-refractivity contribution in [3.8, 4) is 0 Å². The number of H-pyrrole nitrogens is 1. The average molecular weight is 238 g/mol. The van der Waals surface area contributed by atoms with Crippen LogP contribution in [0.2, 0.25) is 0 Å². The lowest BCUT2D eigenvalue weighted by molar-refractivity contribution is 0.585. The maximum atomic E-state index is 12.0. The van der Waals surface area contributed by atoms with Crippen molar-refractivity contribution in [3.63, 3.8) is 0 Å². The molecule has 2 rings (SSSR count). The highest BCUT2D eigenvalue weighted by molar-refractivity contribution is 7.90. The average Bonchev–Trinajstić information content (AvgIpc) is 2.66. The predicted octanol–water partition coefficient (Wildman–Crippen LogP) is 0.722. The maximum absolute atomic E-state index is 12.0. The Labute approximate surface area is 92.4 Å². The van der Waals surface area contributed by atoms with Gasteiger partial charge in [0.15, 0.2) is 0 Å². The van der Waals surface area contributed by atoms with Crippen molar-refractivity contribution in [3.05, 3.63) is 52.7 Å². The number of benzene rings is 1. The highest BCUT2D eigenvalue weighted by Crippen LogP contribution is 2.12. The molecule has 0 saturated heterocycles. The van der Waals surface area contributed by atoms with Gasteiger partial charge < -0.3 is 4.98 Å². The Kier molecular flexibility index (Phi) is 2.43. The molecule has 0 spiro atoms. The summed E-state index contributed by atoms with van der Waals surface area (Å²) in [6, 6.07) is 6.32. The molecule has 1 heterocycles. The zero-order valence-corrected chi connectivity index (χ0v) is 9.36. The van der Waals surface area contributed by atoms with E-state index in [1.54, 1.807) is 12.1 Å². The molecule has 1 aromatic carbocycles. The smallest absolute Gasteiger partial charge is 0.312 e. The minimum Gasteiger partial charge on any atom is -0.312 e. The van der Waals surface area contributed by atoms with Gasteiger partial charge in [0.25, 0.3) is 10.0 Å². The molecule has 6 heteroatoms. The summed E-state index contributed by atoms with van der Waals surface area (Å²) in [5, 5.41) is 0. The predicted molar refractivity (Wildman–Crippen MR) is 58.8 cm³/mol. The van der Waals surface area contributed by atoms with Gasteiger partial charge in [0.2, 0.25) is 0 Å². The molecular weight excluding hydrogens is 228 g/mol. The number of imidazole rings is 1. The first-order chi connectivity index (χ1) is 7.51. The summed E-state index contributed by atoms with van der Waals surface area (Å²) >= 11 is 0. The van der Waals surface area contributed by atoms with Gasteiger partial charge in [0, 0.05) is 12.4 Å². The first-order valence-corrected chi connectivity index (χ1v) is 6.04. The van der Waals surface area contributed by atoms with Crippen LogP contribution in [0.15, 0.2) is 46.3 Å². The van der Waals surface area contributed by atoms with E-state index in [9.17, 15) is 13.2 Å². The molecule has 0 amide bonds. The molecule has 0 aliphatic carbocycles. The number of nitrogens with zero attached hydrogens (tertiary/aromatic N) is 1. The Bertz CT molecular complexity index is 650. The van der Waals surface area contributed by atoms with Crippen molar-refractivity contribution in [2.45, 2.75) is 11.8 Å². The Morgan fingerprint density at radius 3 is 2.31 bits per heavy atom.